The molecule has 4 heterocycles. The zero-order chi connectivity index (χ0) is 22.1. The van der Waals surface area contributed by atoms with Crippen molar-refractivity contribution in [1.82, 2.24) is 19.4 Å². The molecule has 5 rings (SSSR count). The summed E-state index contributed by atoms with van der Waals surface area (Å²) in [6.45, 7) is 5.14. The molecule has 0 aliphatic carbocycles. The zero-order valence-electron chi connectivity index (χ0n) is 18.1. The second-order valence-electron chi connectivity index (χ2n) is 7.84. The molecule has 1 atom stereocenters. The predicted molar refractivity (Wildman–Crippen MR) is 123 cm³/mol. The molecule has 2 aromatic heterocycles. The Labute approximate surface area is 186 Å². The molecular weight excluding hydrogens is 406 g/mol. The molecule has 0 amide bonds. The Morgan fingerprint density at radius 3 is 2.50 bits per heavy atom. The van der Waals surface area contributed by atoms with Crippen LogP contribution in [-0.2, 0) is 0 Å². The van der Waals surface area contributed by atoms with Crippen molar-refractivity contribution in [3.05, 3.63) is 76.5 Å². The van der Waals surface area contributed by atoms with Crippen LogP contribution in [0.3, 0.4) is 0 Å². The number of pyridine rings is 1. The molecule has 0 unspecified atom stereocenters. The lowest BCUT2D eigenvalue weighted by molar-refractivity contribution is 0.376. The van der Waals surface area contributed by atoms with Gasteiger partial charge in [0.1, 0.15) is 5.75 Å². The number of nitrogens with zero attached hydrogens (tertiary/aromatic N) is 6. The Morgan fingerprint density at radius 1 is 1.06 bits per heavy atom. The van der Waals surface area contributed by atoms with E-state index < -0.39 is 6.17 Å². The number of benzene rings is 1. The van der Waals surface area contributed by atoms with Crippen molar-refractivity contribution in [2.75, 3.05) is 43.5 Å². The second kappa shape index (κ2) is 8.33. The highest BCUT2D eigenvalue weighted by atomic mass is 16.5. The molecule has 1 aromatic carbocycles. The van der Waals surface area contributed by atoms with E-state index in [1.807, 2.05) is 31.2 Å². The van der Waals surface area contributed by atoms with Crippen molar-refractivity contribution in [2.24, 2.45) is 4.99 Å². The fraction of sp³-hybridized carbons (Fsp3) is 0.304. The van der Waals surface area contributed by atoms with Gasteiger partial charge in [0, 0.05) is 61.6 Å². The Kier molecular flexibility index (Phi) is 5.22. The van der Waals surface area contributed by atoms with E-state index in [4.69, 9.17) is 9.73 Å². The molecule has 2 aliphatic heterocycles. The fourth-order valence-electron chi connectivity index (χ4n) is 4.12. The molecule has 0 spiro atoms. The van der Waals surface area contributed by atoms with E-state index in [9.17, 15) is 4.79 Å². The van der Waals surface area contributed by atoms with Crippen LogP contribution >= 0.6 is 0 Å². The molecule has 0 saturated carbocycles. The SMILES string of the molecule is COc1ccc(N2CCN(C3=N[C@H](c4cccnc4)n4c(nc(C)cc4=O)N3)CC2)cc1. The minimum atomic E-state index is -0.504. The van der Waals surface area contributed by atoms with Crippen LogP contribution in [0, 0.1) is 6.92 Å². The Hall–Kier alpha value is -3.88. The number of ether oxygens (including phenoxy) is 1. The average molecular weight is 432 g/mol. The van der Waals surface area contributed by atoms with E-state index in [-0.39, 0.29) is 5.56 Å². The molecule has 2 aliphatic rings. The van der Waals surface area contributed by atoms with Crippen molar-refractivity contribution < 1.29 is 4.74 Å². The lowest BCUT2D eigenvalue weighted by Gasteiger charge is -2.39. The first-order chi connectivity index (χ1) is 15.6. The van der Waals surface area contributed by atoms with E-state index in [0.717, 1.165) is 43.5 Å². The highest BCUT2D eigenvalue weighted by molar-refractivity contribution is 5.93. The molecule has 1 fully saturated rings. The summed E-state index contributed by atoms with van der Waals surface area (Å²) in [6, 6.07) is 13.4. The number of aliphatic imine (C=N–C) groups is 1. The van der Waals surface area contributed by atoms with E-state index in [2.05, 4.69) is 37.2 Å². The van der Waals surface area contributed by atoms with Gasteiger partial charge >= 0.3 is 0 Å². The zero-order valence-corrected chi connectivity index (χ0v) is 18.1. The number of guanidine groups is 1. The van der Waals surface area contributed by atoms with Crippen LogP contribution in [0.4, 0.5) is 11.6 Å². The second-order valence-corrected chi connectivity index (χ2v) is 7.84. The third kappa shape index (κ3) is 3.77. The van der Waals surface area contributed by atoms with Crippen LogP contribution in [0.1, 0.15) is 17.4 Å². The van der Waals surface area contributed by atoms with Gasteiger partial charge in [0.25, 0.3) is 5.56 Å². The summed E-state index contributed by atoms with van der Waals surface area (Å²) >= 11 is 0. The smallest absolute Gasteiger partial charge is 0.257 e. The molecule has 32 heavy (non-hydrogen) atoms. The highest BCUT2D eigenvalue weighted by Gasteiger charge is 2.29. The molecule has 1 N–H and O–H groups in total. The van der Waals surface area contributed by atoms with Gasteiger partial charge < -0.3 is 14.5 Å². The highest BCUT2D eigenvalue weighted by Crippen LogP contribution is 2.26. The fourth-order valence-corrected chi connectivity index (χ4v) is 4.12. The van der Waals surface area contributed by atoms with E-state index in [1.54, 1.807) is 24.1 Å². The largest absolute Gasteiger partial charge is 0.497 e. The van der Waals surface area contributed by atoms with Crippen LogP contribution in [0.5, 0.6) is 5.75 Å². The third-order valence-corrected chi connectivity index (χ3v) is 5.79. The maximum atomic E-state index is 12.8. The van der Waals surface area contributed by atoms with E-state index >= 15 is 0 Å². The van der Waals surface area contributed by atoms with Crippen LogP contribution in [-0.4, -0.2) is 58.7 Å². The minimum Gasteiger partial charge on any atom is -0.497 e. The first kappa shape index (κ1) is 20.0. The van der Waals surface area contributed by atoms with Gasteiger partial charge in [0.05, 0.1) is 7.11 Å². The standard InChI is InChI=1S/C23H25N7O2/c1-16-14-20(31)30-21(17-4-3-9-24-15-17)26-22(27-23(30)25-16)29-12-10-28(11-13-29)18-5-7-19(32-2)8-6-18/h3-9,14-15,21H,10-13H2,1-2H3,(H,25,26,27)/t21-/m0/s1. The first-order valence-corrected chi connectivity index (χ1v) is 10.6. The van der Waals surface area contributed by atoms with E-state index in [0.29, 0.717) is 11.6 Å². The normalized spacial score (nSPS) is 17.9. The van der Waals surface area contributed by atoms with Gasteiger partial charge in [-0.05, 0) is 37.3 Å². The van der Waals surface area contributed by atoms with Gasteiger partial charge in [-0.3, -0.25) is 19.7 Å². The summed E-state index contributed by atoms with van der Waals surface area (Å²) in [5, 5.41) is 3.29. The number of fused-ring (bicyclic) bond motifs is 1. The third-order valence-electron chi connectivity index (χ3n) is 5.79. The van der Waals surface area contributed by atoms with Crippen LogP contribution in [0.25, 0.3) is 0 Å². The summed E-state index contributed by atoms with van der Waals surface area (Å²) in [7, 11) is 1.67. The molecule has 3 aromatic rings. The number of nitrogens with one attached hydrogen (secondary N) is 1. The van der Waals surface area contributed by atoms with Gasteiger partial charge in [-0.2, -0.15) is 0 Å². The molecular formula is C23H25N7O2. The van der Waals surface area contributed by atoms with Gasteiger partial charge in [0.2, 0.25) is 11.9 Å². The molecule has 9 nitrogen and oxygen atoms in total. The van der Waals surface area contributed by atoms with Crippen molar-refractivity contribution >= 4 is 17.6 Å². The lowest BCUT2D eigenvalue weighted by Crippen LogP contribution is -2.52. The maximum absolute atomic E-state index is 12.8. The number of anilines is 2. The topological polar surface area (TPSA) is 87.9 Å². The van der Waals surface area contributed by atoms with E-state index in [1.165, 1.54) is 11.8 Å². The Bertz CT molecular complexity index is 1180. The van der Waals surface area contributed by atoms with Crippen LogP contribution in [0.15, 0.2) is 64.6 Å². The van der Waals surface area contributed by atoms with Gasteiger partial charge in [-0.25, -0.2) is 9.98 Å². The summed E-state index contributed by atoms with van der Waals surface area (Å²) < 4.78 is 6.84. The maximum Gasteiger partial charge on any atom is 0.257 e. The molecule has 9 heteroatoms. The van der Waals surface area contributed by atoms with Gasteiger partial charge in [-0.15, -0.1) is 0 Å². The Balaban J connectivity index is 1.40. The summed E-state index contributed by atoms with van der Waals surface area (Å²) in [5.74, 6) is 2.09. The summed E-state index contributed by atoms with van der Waals surface area (Å²) in [4.78, 5) is 31.0. The van der Waals surface area contributed by atoms with Crippen LogP contribution in [0.2, 0.25) is 0 Å². The number of rotatable bonds is 3. The number of methoxy groups -OCH3 is 1. The monoisotopic (exact) mass is 431 g/mol. The van der Waals surface area contributed by atoms with Crippen LogP contribution < -0.4 is 20.5 Å². The summed E-state index contributed by atoms with van der Waals surface area (Å²) in [5.41, 5.74) is 2.55. The molecule has 164 valence electrons. The minimum absolute atomic E-state index is 0.138. The number of hydrogen-bond acceptors (Lipinski definition) is 8. The number of aromatic nitrogens is 3. The lowest BCUT2D eigenvalue weighted by atomic mass is 10.2. The quantitative estimate of drug-likeness (QED) is 0.680. The molecule has 1 saturated heterocycles. The first-order valence-electron chi connectivity index (χ1n) is 10.6. The molecule has 0 bridgehead atoms. The number of aryl methyl sites for hydroxylation is 1. The summed E-state index contributed by atoms with van der Waals surface area (Å²) in [6.07, 6.45) is 2.95. The van der Waals surface area contributed by atoms with Gasteiger partial charge in [0.15, 0.2) is 6.17 Å². The average Bonchev–Trinajstić information content (AvgIpc) is 2.84. The van der Waals surface area contributed by atoms with Gasteiger partial charge in [-0.1, -0.05) is 6.07 Å². The number of hydrogen-bond donors (Lipinski definition) is 1. The van der Waals surface area contributed by atoms with Crippen molar-refractivity contribution in [3.8, 4) is 5.75 Å². The van der Waals surface area contributed by atoms with Crippen molar-refractivity contribution in [1.29, 1.82) is 0 Å². The van der Waals surface area contributed by atoms with Crippen molar-refractivity contribution in [2.45, 2.75) is 13.1 Å². The molecule has 0 radical (unpaired) electrons. The Morgan fingerprint density at radius 2 is 1.81 bits per heavy atom. The number of piperazine rings is 1. The predicted octanol–water partition coefficient (Wildman–Crippen LogP) is 2.11. The van der Waals surface area contributed by atoms with Crippen molar-refractivity contribution in [3.63, 3.8) is 0 Å².